The third-order valence-corrected chi connectivity index (χ3v) is 4.41. The summed E-state index contributed by atoms with van der Waals surface area (Å²) in [4.78, 5) is 0. The highest BCUT2D eigenvalue weighted by Gasteiger charge is 2.12. The molecule has 0 bridgehead atoms. The van der Waals surface area contributed by atoms with Crippen molar-refractivity contribution in [2.45, 2.75) is 5.66 Å². The minimum atomic E-state index is 0.201. The Kier molecular flexibility index (Phi) is 4.89. The van der Waals surface area contributed by atoms with Crippen molar-refractivity contribution < 1.29 is 9.47 Å². The average molecular weight is 290 g/mol. The monoisotopic (exact) mass is 290 g/mol. The van der Waals surface area contributed by atoms with Crippen molar-refractivity contribution in [3.8, 4) is 11.5 Å². The van der Waals surface area contributed by atoms with E-state index in [1.54, 1.807) is 14.2 Å². The maximum absolute atomic E-state index is 5.27. The lowest BCUT2D eigenvalue weighted by Crippen LogP contribution is -1.94. The fourth-order valence-electron chi connectivity index (χ4n) is 1.89. The molecule has 0 atom stereocenters. The van der Waals surface area contributed by atoms with Gasteiger partial charge in [0.2, 0.25) is 0 Å². The lowest BCUT2D eigenvalue weighted by molar-refractivity contribution is 0.414. The van der Waals surface area contributed by atoms with Crippen LogP contribution in [0.1, 0.15) is 16.8 Å². The lowest BCUT2D eigenvalue weighted by Gasteiger charge is -2.13. The zero-order valence-electron chi connectivity index (χ0n) is 10.9. The summed E-state index contributed by atoms with van der Waals surface area (Å²) in [6, 6.07) is 16.1. The second-order valence-electron chi connectivity index (χ2n) is 4.05. The Morgan fingerprint density at radius 3 is 1.42 bits per heavy atom. The Bertz CT molecular complexity index is 490. The molecule has 2 rings (SSSR count). The van der Waals surface area contributed by atoms with E-state index in [-0.39, 0.29) is 5.66 Å². The van der Waals surface area contributed by atoms with E-state index < -0.39 is 0 Å². The van der Waals surface area contributed by atoms with Gasteiger partial charge in [0.05, 0.1) is 19.9 Å². The highest BCUT2D eigenvalue weighted by atomic mass is 32.4. The zero-order chi connectivity index (χ0) is 13.7. The van der Waals surface area contributed by atoms with Crippen LogP contribution in [0.5, 0.6) is 11.5 Å². The summed E-state index contributed by atoms with van der Waals surface area (Å²) >= 11 is 5.27. The van der Waals surface area contributed by atoms with Gasteiger partial charge >= 0.3 is 0 Å². The normalized spacial score (nSPS) is 10.7. The van der Waals surface area contributed by atoms with E-state index in [9.17, 15) is 0 Å². The molecule has 2 aromatic rings. The van der Waals surface area contributed by atoms with Gasteiger partial charge in [-0.3, -0.25) is 0 Å². The van der Waals surface area contributed by atoms with Gasteiger partial charge in [-0.05, 0) is 42.7 Å². The van der Waals surface area contributed by atoms with E-state index in [2.05, 4.69) is 24.3 Å². The first-order chi connectivity index (χ1) is 9.28. The smallest absolute Gasteiger partial charge is 0.118 e. The van der Waals surface area contributed by atoms with E-state index >= 15 is 0 Å². The zero-order valence-corrected chi connectivity index (χ0v) is 12.6. The maximum atomic E-state index is 5.27. The predicted octanol–water partition coefficient (Wildman–Crippen LogP) is 4.20. The molecule has 4 heteroatoms. The Balaban J connectivity index is 2.29. The third kappa shape index (κ3) is 3.31. The third-order valence-electron chi connectivity index (χ3n) is 2.97. The molecule has 0 heterocycles. The summed E-state index contributed by atoms with van der Waals surface area (Å²) in [6.07, 6.45) is 0. The topological polar surface area (TPSA) is 18.5 Å². The summed E-state index contributed by atoms with van der Waals surface area (Å²) in [5.41, 5.74) is 2.59. The summed E-state index contributed by atoms with van der Waals surface area (Å²) in [5.74, 6) is 1.72. The average Bonchev–Trinajstić information content (AvgIpc) is 2.49. The molecule has 0 unspecified atom stereocenters. The molecular formula is C15H15O2PS. The molecule has 98 valence electrons. The molecule has 0 radical (unpaired) electrons. The minimum Gasteiger partial charge on any atom is -0.497 e. The number of rotatable bonds is 5. The van der Waals surface area contributed by atoms with E-state index in [1.165, 1.54) is 11.1 Å². The molecule has 0 amide bonds. The number of hydrogen-bond acceptors (Lipinski definition) is 3. The van der Waals surface area contributed by atoms with Gasteiger partial charge < -0.3 is 9.47 Å². The number of hydrogen-bond donors (Lipinski definition) is 0. The van der Waals surface area contributed by atoms with Crippen molar-refractivity contribution in [1.82, 2.24) is 0 Å². The van der Waals surface area contributed by atoms with Crippen LogP contribution in [-0.4, -0.2) is 14.2 Å². The molecule has 0 spiro atoms. The largest absolute Gasteiger partial charge is 0.497 e. The summed E-state index contributed by atoms with van der Waals surface area (Å²) < 4.78 is 10.3. The SMILES string of the molecule is COc1ccc(C(P=S)c2ccc(OC)cc2)cc1. The van der Waals surface area contributed by atoms with Crippen molar-refractivity contribution >= 4 is 19.2 Å². The quantitative estimate of drug-likeness (QED) is 0.769. The van der Waals surface area contributed by atoms with Crippen LogP contribution in [0.4, 0.5) is 0 Å². The number of benzene rings is 2. The molecule has 0 N–H and O–H groups in total. The van der Waals surface area contributed by atoms with Gasteiger partial charge in [-0.25, -0.2) is 0 Å². The molecule has 0 saturated carbocycles. The Morgan fingerprint density at radius 2 is 1.16 bits per heavy atom. The first-order valence-electron chi connectivity index (χ1n) is 5.89. The maximum Gasteiger partial charge on any atom is 0.118 e. The van der Waals surface area contributed by atoms with Crippen molar-refractivity contribution in [2.75, 3.05) is 14.2 Å². The first kappa shape index (κ1) is 14.0. The molecule has 19 heavy (non-hydrogen) atoms. The second kappa shape index (κ2) is 6.65. The standard InChI is InChI=1S/C15H15O2PS/c1-16-13-7-3-11(4-8-13)15(18-19)12-5-9-14(17-2)10-6-12/h3-10,15H,1-2H3. The van der Waals surface area contributed by atoms with E-state index in [4.69, 9.17) is 21.3 Å². The van der Waals surface area contributed by atoms with Crippen LogP contribution in [-0.2, 0) is 11.8 Å². The molecule has 0 aliphatic heterocycles. The van der Waals surface area contributed by atoms with Gasteiger partial charge in [0.1, 0.15) is 11.5 Å². The molecule has 0 aliphatic rings. The van der Waals surface area contributed by atoms with Crippen LogP contribution in [0.25, 0.3) is 0 Å². The van der Waals surface area contributed by atoms with Crippen LogP contribution in [0.2, 0.25) is 0 Å². The fourth-order valence-corrected chi connectivity index (χ4v) is 3.20. The van der Waals surface area contributed by atoms with Crippen LogP contribution in [0, 0.1) is 0 Å². The van der Waals surface area contributed by atoms with Crippen molar-refractivity contribution in [2.24, 2.45) is 0 Å². The van der Waals surface area contributed by atoms with Crippen LogP contribution in [0.3, 0.4) is 0 Å². The van der Waals surface area contributed by atoms with Gasteiger partial charge in [0.25, 0.3) is 0 Å². The summed E-state index contributed by atoms with van der Waals surface area (Å²) in [6.45, 7) is 0. The van der Waals surface area contributed by atoms with Crippen molar-refractivity contribution in [3.05, 3.63) is 59.7 Å². The van der Waals surface area contributed by atoms with E-state index in [0.717, 1.165) is 18.9 Å². The molecule has 0 saturated heterocycles. The number of methoxy groups -OCH3 is 2. The van der Waals surface area contributed by atoms with Crippen LogP contribution >= 0.6 is 7.36 Å². The van der Waals surface area contributed by atoms with Crippen molar-refractivity contribution in [3.63, 3.8) is 0 Å². The fraction of sp³-hybridized carbons (Fsp3) is 0.200. The Hall–Kier alpha value is -1.44. The lowest BCUT2D eigenvalue weighted by atomic mass is 10.0. The Morgan fingerprint density at radius 1 is 0.789 bits per heavy atom. The van der Waals surface area contributed by atoms with Gasteiger partial charge in [-0.1, -0.05) is 36.1 Å². The van der Waals surface area contributed by atoms with Crippen LogP contribution in [0.15, 0.2) is 48.5 Å². The molecule has 0 fully saturated rings. The van der Waals surface area contributed by atoms with Gasteiger partial charge in [-0.2, -0.15) is 0 Å². The summed E-state index contributed by atoms with van der Waals surface area (Å²) in [7, 11) is 4.24. The van der Waals surface area contributed by atoms with E-state index in [1.807, 2.05) is 24.3 Å². The molecule has 2 nitrogen and oxygen atoms in total. The molecule has 2 aromatic carbocycles. The summed E-state index contributed by atoms with van der Waals surface area (Å²) in [5, 5.41) is 0. The highest BCUT2D eigenvalue weighted by Crippen LogP contribution is 2.35. The molecule has 0 aromatic heterocycles. The molecule has 0 aliphatic carbocycles. The first-order valence-corrected chi connectivity index (χ1v) is 7.86. The van der Waals surface area contributed by atoms with E-state index in [0.29, 0.717) is 0 Å². The van der Waals surface area contributed by atoms with Gasteiger partial charge in [-0.15, -0.1) is 0 Å². The van der Waals surface area contributed by atoms with Gasteiger partial charge in [0.15, 0.2) is 0 Å². The minimum absolute atomic E-state index is 0.201. The van der Waals surface area contributed by atoms with Gasteiger partial charge in [0, 0.05) is 0 Å². The second-order valence-corrected chi connectivity index (χ2v) is 5.41. The Labute approximate surface area is 120 Å². The van der Waals surface area contributed by atoms with Crippen LogP contribution < -0.4 is 9.47 Å². The molecular weight excluding hydrogens is 275 g/mol. The number of ether oxygens (including phenoxy) is 2. The highest BCUT2D eigenvalue weighted by molar-refractivity contribution is 7.96. The predicted molar refractivity (Wildman–Crippen MR) is 82.1 cm³/mol. The van der Waals surface area contributed by atoms with Crippen molar-refractivity contribution in [1.29, 1.82) is 0 Å².